The number of aliphatic hydroxyl groups excluding tert-OH is 1. The number of hydrogen-bond donors (Lipinski definition) is 1. The molecule has 0 bridgehead atoms. The van der Waals surface area contributed by atoms with Gasteiger partial charge in [0.2, 0.25) is 0 Å². The number of aliphatic hydroxyl groups is 1. The summed E-state index contributed by atoms with van der Waals surface area (Å²) in [6.07, 6.45) is 4.94. The van der Waals surface area contributed by atoms with Gasteiger partial charge in [0.05, 0.1) is 6.61 Å². The van der Waals surface area contributed by atoms with Crippen molar-refractivity contribution in [1.29, 1.82) is 0 Å². The first-order valence-electron chi connectivity index (χ1n) is 5.24. The molecule has 0 rings (SSSR count). The predicted molar refractivity (Wildman–Crippen MR) is 61.5 cm³/mol. The van der Waals surface area contributed by atoms with E-state index in [-0.39, 0.29) is 6.61 Å². The topological polar surface area (TPSA) is 23.5 Å². The average molecular weight is 252 g/mol. The van der Waals surface area contributed by atoms with E-state index in [2.05, 4.69) is 27.8 Å². The molecule has 80 valence electrons. The van der Waals surface area contributed by atoms with E-state index in [9.17, 15) is 0 Å². The maximum Gasteiger partial charge on any atom is 0.0558 e. The molecule has 0 radical (unpaired) electrons. The van der Waals surface area contributed by atoms with E-state index in [1.165, 1.54) is 25.7 Å². The Labute approximate surface area is 90.4 Å². The van der Waals surface area contributed by atoms with Gasteiger partial charge in [-0.1, -0.05) is 29.3 Å². The Morgan fingerprint density at radius 2 is 1.77 bits per heavy atom. The first-order chi connectivity index (χ1) is 6.35. The van der Waals surface area contributed by atoms with Crippen LogP contribution in [-0.2, 0) is 0 Å². The van der Waals surface area contributed by atoms with Crippen LogP contribution in [0.15, 0.2) is 0 Å². The third-order valence-electron chi connectivity index (χ3n) is 2.10. The Morgan fingerprint density at radius 3 is 2.31 bits per heavy atom. The molecule has 0 aromatic heterocycles. The van der Waals surface area contributed by atoms with Crippen molar-refractivity contribution < 1.29 is 5.11 Å². The fraction of sp³-hybridized carbons (Fsp3) is 1.00. The molecule has 3 heteroatoms. The van der Waals surface area contributed by atoms with Gasteiger partial charge in [-0.3, -0.25) is 0 Å². The zero-order chi connectivity index (χ0) is 9.94. The van der Waals surface area contributed by atoms with Gasteiger partial charge < -0.3 is 10.0 Å². The summed E-state index contributed by atoms with van der Waals surface area (Å²) < 4.78 is 0. The summed E-state index contributed by atoms with van der Waals surface area (Å²) in [4.78, 5) is 2.35. The molecule has 0 heterocycles. The van der Waals surface area contributed by atoms with Crippen LogP contribution in [0.4, 0.5) is 0 Å². The van der Waals surface area contributed by atoms with Crippen LogP contribution in [0.25, 0.3) is 0 Å². The van der Waals surface area contributed by atoms with Crippen molar-refractivity contribution in [2.75, 3.05) is 31.6 Å². The highest BCUT2D eigenvalue weighted by atomic mass is 79.9. The molecular weight excluding hydrogens is 230 g/mol. The molecule has 0 saturated carbocycles. The van der Waals surface area contributed by atoms with E-state index in [4.69, 9.17) is 5.11 Å². The van der Waals surface area contributed by atoms with Crippen molar-refractivity contribution in [3.8, 4) is 0 Å². The molecule has 0 atom stereocenters. The number of halogens is 1. The molecule has 0 aliphatic heterocycles. The lowest BCUT2D eigenvalue weighted by Gasteiger charge is -2.20. The minimum Gasteiger partial charge on any atom is -0.395 e. The zero-order valence-corrected chi connectivity index (χ0v) is 10.2. The third kappa shape index (κ3) is 8.72. The van der Waals surface area contributed by atoms with Gasteiger partial charge in [-0.15, -0.1) is 0 Å². The molecule has 2 nitrogen and oxygen atoms in total. The lowest BCUT2D eigenvalue weighted by Crippen LogP contribution is -2.29. The number of hydrogen-bond acceptors (Lipinski definition) is 2. The van der Waals surface area contributed by atoms with E-state index >= 15 is 0 Å². The minimum absolute atomic E-state index is 0.290. The van der Waals surface area contributed by atoms with Crippen molar-refractivity contribution in [2.45, 2.75) is 32.6 Å². The van der Waals surface area contributed by atoms with Crippen LogP contribution < -0.4 is 0 Å². The Morgan fingerprint density at radius 1 is 1.08 bits per heavy atom. The minimum atomic E-state index is 0.290. The Kier molecular flexibility index (Phi) is 10.8. The molecule has 0 unspecified atom stereocenters. The van der Waals surface area contributed by atoms with Crippen molar-refractivity contribution >= 4 is 15.9 Å². The van der Waals surface area contributed by atoms with E-state index < -0.39 is 0 Å². The molecule has 0 fully saturated rings. The SMILES string of the molecule is CCCCN(CCO)CCCCBr. The van der Waals surface area contributed by atoms with Gasteiger partial charge in [-0.05, 0) is 32.4 Å². The van der Waals surface area contributed by atoms with Gasteiger partial charge in [0.15, 0.2) is 0 Å². The van der Waals surface area contributed by atoms with Crippen LogP contribution in [0.5, 0.6) is 0 Å². The number of unbranched alkanes of at least 4 members (excludes halogenated alkanes) is 2. The largest absolute Gasteiger partial charge is 0.395 e. The highest BCUT2D eigenvalue weighted by Crippen LogP contribution is 2.00. The molecule has 0 aromatic carbocycles. The summed E-state index contributed by atoms with van der Waals surface area (Å²) in [7, 11) is 0. The van der Waals surface area contributed by atoms with Crippen molar-refractivity contribution in [3.63, 3.8) is 0 Å². The Hall–Kier alpha value is 0.400. The highest BCUT2D eigenvalue weighted by molar-refractivity contribution is 9.09. The smallest absolute Gasteiger partial charge is 0.0558 e. The third-order valence-corrected chi connectivity index (χ3v) is 2.66. The summed E-state index contributed by atoms with van der Waals surface area (Å²) in [5, 5.41) is 9.93. The van der Waals surface area contributed by atoms with Crippen LogP contribution >= 0.6 is 15.9 Å². The lowest BCUT2D eigenvalue weighted by atomic mass is 10.2. The standard InChI is InChI=1S/C10H22BrNO/c1-2-3-7-12(9-10-13)8-5-4-6-11/h13H,2-10H2,1H3. The van der Waals surface area contributed by atoms with Crippen molar-refractivity contribution in [1.82, 2.24) is 4.90 Å². The van der Waals surface area contributed by atoms with Gasteiger partial charge in [0.1, 0.15) is 0 Å². The van der Waals surface area contributed by atoms with Crippen LogP contribution in [0.3, 0.4) is 0 Å². The van der Waals surface area contributed by atoms with E-state index in [0.29, 0.717) is 0 Å². The monoisotopic (exact) mass is 251 g/mol. The van der Waals surface area contributed by atoms with Gasteiger partial charge in [-0.25, -0.2) is 0 Å². The molecular formula is C10H22BrNO. The highest BCUT2D eigenvalue weighted by Gasteiger charge is 2.02. The van der Waals surface area contributed by atoms with Crippen LogP contribution in [0.1, 0.15) is 32.6 Å². The molecule has 0 spiro atoms. The van der Waals surface area contributed by atoms with E-state index in [1.807, 2.05) is 0 Å². The molecule has 0 amide bonds. The van der Waals surface area contributed by atoms with Gasteiger partial charge in [0, 0.05) is 11.9 Å². The second-order valence-corrected chi connectivity index (χ2v) is 4.11. The van der Waals surface area contributed by atoms with E-state index in [0.717, 1.165) is 25.0 Å². The maximum absolute atomic E-state index is 8.84. The van der Waals surface area contributed by atoms with Crippen LogP contribution in [0.2, 0.25) is 0 Å². The molecule has 1 N–H and O–H groups in total. The molecule has 0 saturated heterocycles. The summed E-state index contributed by atoms with van der Waals surface area (Å²) >= 11 is 3.42. The summed E-state index contributed by atoms with van der Waals surface area (Å²) in [6, 6.07) is 0. The van der Waals surface area contributed by atoms with E-state index in [1.54, 1.807) is 0 Å². The maximum atomic E-state index is 8.84. The lowest BCUT2D eigenvalue weighted by molar-refractivity contribution is 0.192. The first kappa shape index (κ1) is 13.4. The second kappa shape index (κ2) is 10.5. The molecule has 0 aliphatic carbocycles. The fourth-order valence-corrected chi connectivity index (χ4v) is 1.68. The van der Waals surface area contributed by atoms with Gasteiger partial charge in [-0.2, -0.15) is 0 Å². The summed E-state index contributed by atoms with van der Waals surface area (Å²) in [5.41, 5.74) is 0. The number of alkyl halides is 1. The van der Waals surface area contributed by atoms with Gasteiger partial charge >= 0.3 is 0 Å². The normalized spacial score (nSPS) is 11.1. The van der Waals surface area contributed by atoms with Crippen LogP contribution in [-0.4, -0.2) is 41.6 Å². The van der Waals surface area contributed by atoms with Crippen molar-refractivity contribution in [2.24, 2.45) is 0 Å². The predicted octanol–water partition coefficient (Wildman–Crippen LogP) is 2.26. The fourth-order valence-electron chi connectivity index (χ4n) is 1.29. The Balaban J connectivity index is 3.41. The second-order valence-electron chi connectivity index (χ2n) is 3.31. The quantitative estimate of drug-likeness (QED) is 0.502. The molecule has 0 aliphatic rings. The summed E-state index contributed by atoms with van der Waals surface area (Å²) in [5.74, 6) is 0. The average Bonchev–Trinajstić information content (AvgIpc) is 2.14. The van der Waals surface area contributed by atoms with Gasteiger partial charge in [0.25, 0.3) is 0 Å². The molecule has 0 aromatic rings. The van der Waals surface area contributed by atoms with Crippen LogP contribution in [0, 0.1) is 0 Å². The number of rotatable bonds is 9. The zero-order valence-electron chi connectivity index (χ0n) is 8.64. The number of nitrogens with zero attached hydrogens (tertiary/aromatic N) is 1. The summed E-state index contributed by atoms with van der Waals surface area (Å²) in [6.45, 7) is 5.60. The Bertz CT molecular complexity index is 101. The molecule has 13 heavy (non-hydrogen) atoms. The first-order valence-corrected chi connectivity index (χ1v) is 6.36. The van der Waals surface area contributed by atoms with Crippen molar-refractivity contribution in [3.05, 3.63) is 0 Å².